The van der Waals surface area contributed by atoms with Crippen LogP contribution in [-0.4, -0.2) is 49.5 Å². The highest BCUT2D eigenvalue weighted by molar-refractivity contribution is 5.81. The second-order valence-corrected chi connectivity index (χ2v) is 5.06. The minimum Gasteiger partial charge on any atom is -0.389 e. The standard InChI is InChI=1S/C13H26N2O3/c1-3-6-14-13(17)10(2)15-7-12(16)9-18-8-11-4-5-11/h10-12,15-16H,3-9H2,1-2H3,(H,14,17). The lowest BCUT2D eigenvalue weighted by molar-refractivity contribution is -0.122. The first kappa shape index (κ1) is 15.4. The fourth-order valence-corrected chi connectivity index (χ4v) is 1.52. The Morgan fingerprint density at radius 1 is 1.50 bits per heavy atom. The lowest BCUT2D eigenvalue weighted by atomic mass is 10.2. The summed E-state index contributed by atoms with van der Waals surface area (Å²) in [5, 5.41) is 15.5. The van der Waals surface area contributed by atoms with E-state index in [1.165, 1.54) is 12.8 Å². The van der Waals surface area contributed by atoms with Gasteiger partial charge in [-0.05, 0) is 32.1 Å². The van der Waals surface area contributed by atoms with Gasteiger partial charge in [0.25, 0.3) is 0 Å². The Labute approximate surface area is 109 Å². The average molecular weight is 258 g/mol. The SMILES string of the molecule is CCCNC(=O)C(C)NCC(O)COCC1CC1. The van der Waals surface area contributed by atoms with Crippen molar-refractivity contribution in [3.8, 4) is 0 Å². The molecule has 18 heavy (non-hydrogen) atoms. The van der Waals surface area contributed by atoms with Gasteiger partial charge in [-0.3, -0.25) is 4.79 Å². The molecule has 2 unspecified atom stereocenters. The van der Waals surface area contributed by atoms with Crippen LogP contribution in [0.15, 0.2) is 0 Å². The molecule has 0 aromatic carbocycles. The van der Waals surface area contributed by atoms with Crippen LogP contribution in [0.4, 0.5) is 0 Å². The number of rotatable bonds is 10. The Morgan fingerprint density at radius 2 is 2.22 bits per heavy atom. The number of hydrogen-bond acceptors (Lipinski definition) is 4. The summed E-state index contributed by atoms with van der Waals surface area (Å²) in [6.45, 7) is 5.97. The second kappa shape index (κ2) is 8.45. The molecule has 1 saturated carbocycles. The van der Waals surface area contributed by atoms with Crippen LogP contribution in [-0.2, 0) is 9.53 Å². The lowest BCUT2D eigenvalue weighted by Gasteiger charge is -2.17. The molecule has 0 aromatic heterocycles. The van der Waals surface area contributed by atoms with Crippen molar-refractivity contribution in [3.05, 3.63) is 0 Å². The molecule has 5 heteroatoms. The molecule has 0 spiro atoms. The Morgan fingerprint density at radius 3 is 2.83 bits per heavy atom. The molecule has 2 atom stereocenters. The number of carbonyl (C=O) groups excluding carboxylic acids is 1. The van der Waals surface area contributed by atoms with Gasteiger partial charge in [0.2, 0.25) is 5.91 Å². The molecule has 0 saturated heterocycles. The van der Waals surface area contributed by atoms with Crippen molar-refractivity contribution >= 4 is 5.91 Å². The van der Waals surface area contributed by atoms with Crippen LogP contribution in [0, 0.1) is 5.92 Å². The molecule has 1 rings (SSSR count). The molecule has 1 aliphatic carbocycles. The van der Waals surface area contributed by atoms with Crippen molar-refractivity contribution in [1.82, 2.24) is 10.6 Å². The highest BCUT2D eigenvalue weighted by Crippen LogP contribution is 2.28. The van der Waals surface area contributed by atoms with Crippen molar-refractivity contribution in [2.24, 2.45) is 5.92 Å². The molecular formula is C13H26N2O3. The highest BCUT2D eigenvalue weighted by atomic mass is 16.5. The number of aliphatic hydroxyl groups is 1. The van der Waals surface area contributed by atoms with Crippen LogP contribution in [0.25, 0.3) is 0 Å². The number of hydrogen-bond donors (Lipinski definition) is 3. The molecule has 1 aliphatic rings. The van der Waals surface area contributed by atoms with E-state index in [2.05, 4.69) is 10.6 Å². The number of amides is 1. The first-order valence-electron chi connectivity index (χ1n) is 6.90. The number of ether oxygens (including phenoxy) is 1. The van der Waals surface area contributed by atoms with E-state index in [4.69, 9.17) is 4.74 Å². The van der Waals surface area contributed by atoms with E-state index in [9.17, 15) is 9.90 Å². The Bertz CT molecular complexity index is 244. The zero-order valence-electron chi connectivity index (χ0n) is 11.4. The van der Waals surface area contributed by atoms with E-state index in [0.717, 1.165) is 13.0 Å². The summed E-state index contributed by atoms with van der Waals surface area (Å²) in [5.74, 6) is 0.687. The zero-order chi connectivity index (χ0) is 13.4. The molecule has 0 aromatic rings. The van der Waals surface area contributed by atoms with Crippen LogP contribution in [0.2, 0.25) is 0 Å². The van der Waals surface area contributed by atoms with Gasteiger partial charge in [-0.15, -0.1) is 0 Å². The van der Waals surface area contributed by atoms with E-state index < -0.39 is 6.10 Å². The van der Waals surface area contributed by atoms with Crippen molar-refractivity contribution < 1.29 is 14.6 Å². The molecule has 1 amide bonds. The van der Waals surface area contributed by atoms with E-state index in [0.29, 0.717) is 25.6 Å². The molecule has 3 N–H and O–H groups in total. The lowest BCUT2D eigenvalue weighted by Crippen LogP contribution is -2.45. The van der Waals surface area contributed by atoms with Gasteiger partial charge in [0, 0.05) is 19.7 Å². The molecule has 5 nitrogen and oxygen atoms in total. The number of carbonyl (C=O) groups is 1. The predicted octanol–water partition coefficient (Wildman–Crippen LogP) is 0.278. The fourth-order valence-electron chi connectivity index (χ4n) is 1.52. The first-order chi connectivity index (χ1) is 8.63. The maximum atomic E-state index is 11.5. The van der Waals surface area contributed by atoms with Gasteiger partial charge in [-0.2, -0.15) is 0 Å². The highest BCUT2D eigenvalue weighted by Gasteiger charge is 2.21. The topological polar surface area (TPSA) is 70.6 Å². The maximum absolute atomic E-state index is 11.5. The number of aliphatic hydroxyl groups excluding tert-OH is 1. The largest absolute Gasteiger partial charge is 0.389 e. The van der Waals surface area contributed by atoms with Gasteiger partial charge >= 0.3 is 0 Å². The van der Waals surface area contributed by atoms with E-state index in [1.807, 2.05) is 6.92 Å². The normalized spacial score (nSPS) is 18.4. The summed E-state index contributed by atoms with van der Waals surface area (Å²) in [6, 6.07) is -0.283. The third-order valence-electron chi connectivity index (χ3n) is 2.96. The van der Waals surface area contributed by atoms with Crippen LogP contribution in [0.5, 0.6) is 0 Å². The summed E-state index contributed by atoms with van der Waals surface area (Å²) in [5.41, 5.74) is 0. The third-order valence-corrected chi connectivity index (χ3v) is 2.96. The third kappa shape index (κ3) is 6.93. The molecule has 0 bridgehead atoms. The molecule has 106 valence electrons. The summed E-state index contributed by atoms with van der Waals surface area (Å²) in [6.07, 6.45) is 2.88. The average Bonchev–Trinajstić information content (AvgIpc) is 3.17. The summed E-state index contributed by atoms with van der Waals surface area (Å²) in [4.78, 5) is 11.5. The molecule has 1 fully saturated rings. The quantitative estimate of drug-likeness (QED) is 0.526. The van der Waals surface area contributed by atoms with Crippen molar-refractivity contribution in [3.63, 3.8) is 0 Å². The van der Waals surface area contributed by atoms with Crippen molar-refractivity contribution in [2.75, 3.05) is 26.3 Å². The molecular weight excluding hydrogens is 232 g/mol. The van der Waals surface area contributed by atoms with Gasteiger partial charge in [0.05, 0.1) is 18.8 Å². The van der Waals surface area contributed by atoms with Crippen LogP contribution in [0.1, 0.15) is 33.1 Å². The maximum Gasteiger partial charge on any atom is 0.236 e. The summed E-state index contributed by atoms with van der Waals surface area (Å²) in [7, 11) is 0. The van der Waals surface area contributed by atoms with Gasteiger partial charge in [0.1, 0.15) is 0 Å². The second-order valence-electron chi connectivity index (χ2n) is 5.06. The zero-order valence-corrected chi connectivity index (χ0v) is 11.4. The van der Waals surface area contributed by atoms with Crippen molar-refractivity contribution in [1.29, 1.82) is 0 Å². The van der Waals surface area contributed by atoms with Gasteiger partial charge in [-0.25, -0.2) is 0 Å². The van der Waals surface area contributed by atoms with Gasteiger partial charge in [-0.1, -0.05) is 6.92 Å². The predicted molar refractivity (Wildman–Crippen MR) is 70.3 cm³/mol. The summed E-state index contributed by atoms with van der Waals surface area (Å²) < 4.78 is 5.39. The van der Waals surface area contributed by atoms with Crippen LogP contribution < -0.4 is 10.6 Å². The molecule has 0 heterocycles. The first-order valence-corrected chi connectivity index (χ1v) is 6.90. The van der Waals surface area contributed by atoms with Crippen LogP contribution in [0.3, 0.4) is 0 Å². The fraction of sp³-hybridized carbons (Fsp3) is 0.923. The smallest absolute Gasteiger partial charge is 0.236 e. The van der Waals surface area contributed by atoms with Crippen LogP contribution >= 0.6 is 0 Å². The minimum atomic E-state index is -0.551. The minimum absolute atomic E-state index is 0.0250. The Kier molecular flexibility index (Phi) is 7.23. The Balaban J connectivity index is 2.00. The number of nitrogens with one attached hydrogen (secondary N) is 2. The monoisotopic (exact) mass is 258 g/mol. The molecule has 0 aliphatic heterocycles. The van der Waals surface area contributed by atoms with Gasteiger partial charge in [0.15, 0.2) is 0 Å². The Hall–Kier alpha value is -0.650. The summed E-state index contributed by atoms with van der Waals surface area (Å²) >= 11 is 0. The van der Waals surface area contributed by atoms with Crippen molar-refractivity contribution in [2.45, 2.75) is 45.3 Å². The van der Waals surface area contributed by atoms with Gasteiger partial charge < -0.3 is 20.5 Å². The van der Waals surface area contributed by atoms with E-state index >= 15 is 0 Å². The van der Waals surface area contributed by atoms with E-state index in [-0.39, 0.29) is 11.9 Å². The van der Waals surface area contributed by atoms with E-state index in [1.54, 1.807) is 6.92 Å². The molecule has 0 radical (unpaired) electrons.